The maximum atomic E-state index is 13.7. The van der Waals surface area contributed by atoms with E-state index in [1.807, 2.05) is 0 Å². The highest BCUT2D eigenvalue weighted by molar-refractivity contribution is 7.17. The van der Waals surface area contributed by atoms with Crippen molar-refractivity contribution in [3.05, 3.63) is 80.7 Å². The fourth-order valence-electron chi connectivity index (χ4n) is 4.53. The highest BCUT2D eigenvalue weighted by atomic mass is 35.5. The topological polar surface area (TPSA) is 84.5 Å². The molecule has 1 heterocycles. The van der Waals surface area contributed by atoms with E-state index < -0.39 is 5.97 Å². The standard InChI is InChI=1S/C28H29ClN2O4S/c1-28(2,3)16-13-14-19-22(15-16)36-26(31-24(32)17-9-5-7-11-20(17)29)23(19)25(33)30-21-12-8-6-10-18(21)27(34)35-4/h5-12,16H,13-15H2,1-4H3,(H,30,33)(H,31,32). The summed E-state index contributed by atoms with van der Waals surface area (Å²) < 4.78 is 4.86. The monoisotopic (exact) mass is 524 g/mol. The number of carbonyl (C=O) groups is 3. The number of para-hydroxylation sites is 1. The van der Waals surface area contributed by atoms with Gasteiger partial charge in [0.25, 0.3) is 11.8 Å². The number of hydrogen-bond acceptors (Lipinski definition) is 5. The molecule has 36 heavy (non-hydrogen) atoms. The predicted octanol–water partition coefficient (Wildman–Crippen LogP) is 6.84. The number of halogens is 1. The van der Waals surface area contributed by atoms with E-state index in [-0.39, 0.29) is 22.8 Å². The first kappa shape index (κ1) is 25.9. The predicted molar refractivity (Wildman–Crippen MR) is 144 cm³/mol. The molecule has 0 aliphatic heterocycles. The molecule has 0 saturated heterocycles. The van der Waals surface area contributed by atoms with Gasteiger partial charge in [0, 0.05) is 4.88 Å². The molecule has 8 heteroatoms. The molecule has 2 N–H and O–H groups in total. The second-order valence-electron chi connectivity index (χ2n) is 9.94. The molecule has 0 spiro atoms. The van der Waals surface area contributed by atoms with Crippen LogP contribution in [0.15, 0.2) is 48.5 Å². The maximum Gasteiger partial charge on any atom is 0.339 e. The van der Waals surface area contributed by atoms with Crippen molar-refractivity contribution in [3.8, 4) is 0 Å². The van der Waals surface area contributed by atoms with Crippen molar-refractivity contribution in [2.45, 2.75) is 40.0 Å². The molecule has 1 atom stereocenters. The lowest BCUT2D eigenvalue weighted by molar-refractivity contribution is 0.0601. The number of hydrogen-bond donors (Lipinski definition) is 2. The molecule has 1 aromatic heterocycles. The van der Waals surface area contributed by atoms with Crippen LogP contribution in [0, 0.1) is 11.3 Å². The molecular formula is C28H29ClN2O4S. The number of rotatable bonds is 5. The van der Waals surface area contributed by atoms with Gasteiger partial charge >= 0.3 is 5.97 Å². The molecule has 2 aromatic carbocycles. The van der Waals surface area contributed by atoms with Crippen LogP contribution in [0.5, 0.6) is 0 Å². The number of carbonyl (C=O) groups excluding carboxylic acids is 3. The average Bonchev–Trinajstić information content (AvgIpc) is 3.20. The third-order valence-electron chi connectivity index (χ3n) is 6.64. The molecule has 0 saturated carbocycles. The van der Waals surface area contributed by atoms with Crippen molar-refractivity contribution in [1.29, 1.82) is 0 Å². The van der Waals surface area contributed by atoms with Gasteiger partial charge < -0.3 is 15.4 Å². The zero-order valence-corrected chi connectivity index (χ0v) is 22.3. The molecule has 1 aliphatic rings. The smallest absolute Gasteiger partial charge is 0.339 e. The van der Waals surface area contributed by atoms with Gasteiger partial charge in [0.2, 0.25) is 0 Å². The number of esters is 1. The van der Waals surface area contributed by atoms with E-state index in [9.17, 15) is 14.4 Å². The summed E-state index contributed by atoms with van der Waals surface area (Å²) in [7, 11) is 1.30. The molecule has 3 aromatic rings. The molecular weight excluding hydrogens is 496 g/mol. The Morgan fingerprint density at radius 3 is 2.31 bits per heavy atom. The van der Waals surface area contributed by atoms with Crippen molar-refractivity contribution in [3.63, 3.8) is 0 Å². The number of benzene rings is 2. The number of nitrogens with one attached hydrogen (secondary N) is 2. The van der Waals surface area contributed by atoms with Crippen LogP contribution in [-0.2, 0) is 17.6 Å². The highest BCUT2D eigenvalue weighted by Gasteiger charge is 2.34. The Morgan fingerprint density at radius 1 is 0.972 bits per heavy atom. The number of anilines is 2. The second-order valence-corrected chi connectivity index (χ2v) is 11.5. The van der Waals surface area contributed by atoms with Crippen LogP contribution < -0.4 is 10.6 Å². The van der Waals surface area contributed by atoms with Gasteiger partial charge in [-0.3, -0.25) is 9.59 Å². The van der Waals surface area contributed by atoms with E-state index in [0.717, 1.165) is 29.7 Å². The Kier molecular flexibility index (Phi) is 7.52. The first-order valence-corrected chi connectivity index (χ1v) is 13.0. The summed E-state index contributed by atoms with van der Waals surface area (Å²) in [6.45, 7) is 6.69. The van der Waals surface area contributed by atoms with E-state index in [1.54, 1.807) is 48.5 Å². The number of ether oxygens (including phenoxy) is 1. The molecule has 4 rings (SSSR count). The largest absolute Gasteiger partial charge is 0.465 e. The summed E-state index contributed by atoms with van der Waals surface area (Å²) in [6, 6.07) is 13.5. The molecule has 6 nitrogen and oxygen atoms in total. The summed E-state index contributed by atoms with van der Waals surface area (Å²) in [5.41, 5.74) is 2.45. The molecule has 2 amide bonds. The van der Waals surface area contributed by atoms with E-state index in [0.29, 0.717) is 32.8 Å². The normalized spacial score (nSPS) is 15.1. The number of amides is 2. The maximum absolute atomic E-state index is 13.7. The van der Waals surface area contributed by atoms with Gasteiger partial charge in [-0.2, -0.15) is 0 Å². The van der Waals surface area contributed by atoms with Gasteiger partial charge in [-0.15, -0.1) is 11.3 Å². The first-order valence-electron chi connectivity index (χ1n) is 11.8. The van der Waals surface area contributed by atoms with Crippen LogP contribution in [0.25, 0.3) is 0 Å². The van der Waals surface area contributed by atoms with Gasteiger partial charge in [-0.05, 0) is 60.4 Å². The average molecular weight is 525 g/mol. The Bertz CT molecular complexity index is 1330. The van der Waals surface area contributed by atoms with Crippen molar-refractivity contribution in [2.75, 3.05) is 17.7 Å². The van der Waals surface area contributed by atoms with E-state index in [4.69, 9.17) is 16.3 Å². The zero-order chi connectivity index (χ0) is 26.0. The van der Waals surface area contributed by atoms with E-state index >= 15 is 0 Å². The summed E-state index contributed by atoms with van der Waals surface area (Å²) in [5.74, 6) is -0.839. The SMILES string of the molecule is COC(=O)c1ccccc1NC(=O)c1c(NC(=O)c2ccccc2Cl)sc2c1CCC(C(C)(C)C)C2. The quantitative estimate of drug-likeness (QED) is 0.358. The summed E-state index contributed by atoms with van der Waals surface area (Å²) in [6.07, 6.45) is 2.52. The Morgan fingerprint density at radius 2 is 1.64 bits per heavy atom. The summed E-state index contributed by atoms with van der Waals surface area (Å²) in [5, 5.41) is 6.62. The molecule has 1 unspecified atom stereocenters. The van der Waals surface area contributed by atoms with Gasteiger partial charge in [-0.25, -0.2) is 4.79 Å². The fraction of sp³-hybridized carbons (Fsp3) is 0.321. The van der Waals surface area contributed by atoms with Gasteiger partial charge in [0.05, 0.1) is 34.5 Å². The fourth-order valence-corrected chi connectivity index (χ4v) is 6.08. The van der Waals surface area contributed by atoms with Crippen molar-refractivity contribution < 1.29 is 19.1 Å². The summed E-state index contributed by atoms with van der Waals surface area (Å²) >= 11 is 7.68. The van der Waals surface area contributed by atoms with Crippen molar-refractivity contribution in [1.82, 2.24) is 0 Å². The molecule has 188 valence electrons. The van der Waals surface area contributed by atoms with Crippen LogP contribution in [-0.4, -0.2) is 24.9 Å². The second kappa shape index (κ2) is 10.4. The molecule has 0 bridgehead atoms. The lowest BCUT2D eigenvalue weighted by Crippen LogP contribution is -2.27. The Hall–Kier alpha value is -3.16. The van der Waals surface area contributed by atoms with Crippen LogP contribution in [0.2, 0.25) is 5.02 Å². The van der Waals surface area contributed by atoms with Gasteiger partial charge in [-0.1, -0.05) is 56.6 Å². The summed E-state index contributed by atoms with van der Waals surface area (Å²) in [4.78, 5) is 40.1. The van der Waals surface area contributed by atoms with Crippen LogP contribution in [0.1, 0.15) is 68.7 Å². The number of fused-ring (bicyclic) bond motifs is 1. The van der Waals surface area contributed by atoms with Crippen LogP contribution in [0.3, 0.4) is 0 Å². The Labute approximate surface area is 220 Å². The van der Waals surface area contributed by atoms with E-state index in [2.05, 4.69) is 31.4 Å². The molecule has 0 fully saturated rings. The number of methoxy groups -OCH3 is 1. The third-order valence-corrected chi connectivity index (χ3v) is 8.14. The van der Waals surface area contributed by atoms with E-state index in [1.165, 1.54) is 18.4 Å². The minimum Gasteiger partial charge on any atom is -0.465 e. The third kappa shape index (κ3) is 5.32. The minimum absolute atomic E-state index is 0.129. The van der Waals surface area contributed by atoms with Crippen molar-refractivity contribution >= 4 is 51.4 Å². The molecule has 1 aliphatic carbocycles. The highest BCUT2D eigenvalue weighted by Crippen LogP contribution is 2.44. The zero-order valence-electron chi connectivity index (χ0n) is 20.7. The van der Waals surface area contributed by atoms with Crippen LogP contribution >= 0.6 is 22.9 Å². The van der Waals surface area contributed by atoms with Crippen molar-refractivity contribution in [2.24, 2.45) is 11.3 Å². The van der Waals surface area contributed by atoms with Gasteiger partial charge in [0.15, 0.2) is 0 Å². The van der Waals surface area contributed by atoms with Crippen LogP contribution in [0.4, 0.5) is 10.7 Å². The lowest BCUT2D eigenvalue weighted by atomic mass is 9.72. The lowest BCUT2D eigenvalue weighted by Gasteiger charge is -2.33. The molecule has 0 radical (unpaired) electrons. The number of thiophene rings is 1. The van der Waals surface area contributed by atoms with Gasteiger partial charge in [0.1, 0.15) is 5.00 Å². The Balaban J connectivity index is 1.72. The first-order chi connectivity index (χ1) is 17.1. The minimum atomic E-state index is -0.543.